The molecule has 0 spiro atoms. The zero-order valence-corrected chi connectivity index (χ0v) is 23.1. The molecule has 0 aliphatic heterocycles. The number of ether oxygens (including phenoxy) is 3. The maximum Gasteiger partial charge on any atom is 0.413 e. The number of methoxy groups -OCH3 is 1. The number of aromatic nitrogens is 2. The molecule has 40 heavy (non-hydrogen) atoms. The number of aliphatic imine (C=N–C) groups is 1. The molecule has 2 aromatic rings. The van der Waals surface area contributed by atoms with E-state index in [2.05, 4.69) is 21.5 Å². The van der Waals surface area contributed by atoms with Crippen molar-refractivity contribution in [3.8, 4) is 11.6 Å². The Kier molecular flexibility index (Phi) is 8.70. The minimum Gasteiger partial charge on any atom is -0.483 e. The molecular weight excluding hydrogens is 523 g/mol. The highest BCUT2D eigenvalue weighted by atomic mass is 19.4. The van der Waals surface area contributed by atoms with Gasteiger partial charge in [0.15, 0.2) is 17.5 Å². The predicted molar refractivity (Wildman–Crippen MR) is 147 cm³/mol. The van der Waals surface area contributed by atoms with E-state index in [-0.39, 0.29) is 30.4 Å². The first-order valence-corrected chi connectivity index (χ1v) is 13.0. The molecular formula is C29H34F3N5O3. The summed E-state index contributed by atoms with van der Waals surface area (Å²) in [6.45, 7) is 5.12. The Bertz CT molecular complexity index is 1330. The maximum atomic E-state index is 12.9. The van der Waals surface area contributed by atoms with E-state index < -0.39 is 11.7 Å². The van der Waals surface area contributed by atoms with Crippen molar-refractivity contribution in [1.82, 2.24) is 14.9 Å². The lowest BCUT2D eigenvalue weighted by Gasteiger charge is -2.20. The number of alkyl halides is 3. The molecule has 2 saturated carbocycles. The average Bonchev–Trinajstić information content (AvgIpc) is 3.86. The number of nitrogens with zero attached hydrogens (tertiary/aromatic N) is 4. The van der Waals surface area contributed by atoms with Gasteiger partial charge in [0.05, 0.1) is 25.1 Å². The van der Waals surface area contributed by atoms with Crippen LogP contribution in [-0.2, 0) is 11.3 Å². The van der Waals surface area contributed by atoms with Crippen LogP contribution in [0.25, 0.3) is 11.3 Å². The second-order valence-corrected chi connectivity index (χ2v) is 9.86. The van der Waals surface area contributed by atoms with Gasteiger partial charge in [-0.2, -0.15) is 18.2 Å². The highest BCUT2D eigenvalue weighted by Gasteiger charge is 2.34. The monoisotopic (exact) mass is 557 g/mol. The van der Waals surface area contributed by atoms with E-state index in [1.54, 1.807) is 25.4 Å². The fraction of sp³-hybridized carbons (Fsp3) is 0.414. The van der Waals surface area contributed by atoms with Crippen LogP contribution >= 0.6 is 0 Å². The number of benzene rings is 1. The molecule has 4 rings (SSSR count). The van der Waals surface area contributed by atoms with E-state index in [0.29, 0.717) is 28.4 Å². The quantitative estimate of drug-likeness (QED) is 0.263. The van der Waals surface area contributed by atoms with E-state index in [1.807, 2.05) is 12.1 Å². The van der Waals surface area contributed by atoms with Crippen LogP contribution in [-0.4, -0.2) is 54.1 Å². The molecule has 2 N–H and O–H groups in total. The van der Waals surface area contributed by atoms with E-state index in [4.69, 9.17) is 19.9 Å². The summed E-state index contributed by atoms with van der Waals surface area (Å²) in [4.78, 5) is 15.0. The largest absolute Gasteiger partial charge is 0.483 e. The van der Waals surface area contributed by atoms with Crippen molar-refractivity contribution in [2.45, 2.75) is 51.5 Å². The van der Waals surface area contributed by atoms with Gasteiger partial charge in [-0.3, -0.25) is 4.99 Å². The summed E-state index contributed by atoms with van der Waals surface area (Å²) >= 11 is 0. The molecule has 8 nitrogen and oxygen atoms in total. The van der Waals surface area contributed by atoms with Crippen LogP contribution < -0.4 is 15.2 Å². The molecule has 214 valence electrons. The summed E-state index contributed by atoms with van der Waals surface area (Å²) in [5.41, 5.74) is 8.74. The second-order valence-electron chi connectivity index (χ2n) is 9.86. The van der Waals surface area contributed by atoms with Gasteiger partial charge in [-0.15, -0.1) is 0 Å². The van der Waals surface area contributed by atoms with E-state index >= 15 is 0 Å². The van der Waals surface area contributed by atoms with E-state index in [0.717, 1.165) is 50.1 Å². The Hall–Kier alpha value is -4.02. The molecule has 0 bridgehead atoms. The topological polar surface area (TPSA) is 95.1 Å². The molecule has 2 fully saturated rings. The van der Waals surface area contributed by atoms with Crippen LogP contribution in [0, 0.1) is 5.92 Å². The van der Waals surface area contributed by atoms with Gasteiger partial charge in [0.1, 0.15) is 12.2 Å². The lowest BCUT2D eigenvalue weighted by atomic mass is 10.1. The van der Waals surface area contributed by atoms with Crippen LogP contribution in [0.2, 0.25) is 0 Å². The van der Waals surface area contributed by atoms with Crippen LogP contribution in [0.5, 0.6) is 11.6 Å². The second kappa shape index (κ2) is 12.0. The number of hydrogen-bond donors (Lipinski definition) is 1. The van der Waals surface area contributed by atoms with Crippen molar-refractivity contribution in [3.63, 3.8) is 0 Å². The van der Waals surface area contributed by atoms with Crippen LogP contribution in [0.4, 0.5) is 13.2 Å². The normalized spacial score (nSPS) is 16.8. The van der Waals surface area contributed by atoms with Crippen LogP contribution in [0.3, 0.4) is 0 Å². The zero-order chi connectivity index (χ0) is 29.0. The fourth-order valence-corrected chi connectivity index (χ4v) is 3.92. The third-order valence-electron chi connectivity index (χ3n) is 6.61. The molecule has 0 radical (unpaired) electrons. The van der Waals surface area contributed by atoms with Crippen molar-refractivity contribution in [1.29, 1.82) is 0 Å². The molecule has 0 unspecified atom stereocenters. The van der Waals surface area contributed by atoms with Gasteiger partial charge in [-0.25, -0.2) is 4.98 Å². The fourth-order valence-electron chi connectivity index (χ4n) is 3.92. The summed E-state index contributed by atoms with van der Waals surface area (Å²) in [5, 5.41) is 0. The number of hydrogen-bond acceptors (Lipinski definition) is 8. The lowest BCUT2D eigenvalue weighted by molar-refractivity contribution is -0.0921. The number of nitrogens with two attached hydrogens (primary N) is 1. The van der Waals surface area contributed by atoms with Gasteiger partial charge in [-0.05, 0) is 43.7 Å². The van der Waals surface area contributed by atoms with E-state index in [1.165, 1.54) is 19.1 Å². The highest BCUT2D eigenvalue weighted by Crippen LogP contribution is 2.38. The number of rotatable bonds is 12. The van der Waals surface area contributed by atoms with Gasteiger partial charge >= 0.3 is 6.18 Å². The standard InChI is InChI=1S/C29H34F3N5O3/c1-17(29(30,31)32)15-37(4)18(2)20-8-6-19(7-9-20)16-39-28-23(40-22-12-13-22)14-35-27(36-28)24(26(33)38-5)25(34-3)21-10-11-21/h6-9,14-15,21-22H,2,10-13,16,33H2,1,3-5H3/b17-15+,26-24?,34-25?. The summed E-state index contributed by atoms with van der Waals surface area (Å²) in [5.74, 6) is 1.49. The van der Waals surface area contributed by atoms with Crippen molar-refractivity contribution in [2.75, 3.05) is 21.2 Å². The molecule has 2 aliphatic carbocycles. The summed E-state index contributed by atoms with van der Waals surface area (Å²) in [7, 11) is 4.73. The molecule has 2 aliphatic rings. The Labute approximate surface area is 232 Å². The minimum absolute atomic E-state index is 0.104. The van der Waals surface area contributed by atoms with E-state index in [9.17, 15) is 13.2 Å². The smallest absolute Gasteiger partial charge is 0.413 e. The maximum absolute atomic E-state index is 12.9. The minimum atomic E-state index is -4.40. The first kappa shape index (κ1) is 29.0. The Morgan fingerprint density at radius 1 is 1.20 bits per heavy atom. The first-order chi connectivity index (χ1) is 19.0. The van der Waals surface area contributed by atoms with Gasteiger partial charge in [-0.1, -0.05) is 30.8 Å². The summed E-state index contributed by atoms with van der Waals surface area (Å²) in [6.07, 6.45) is 2.23. The lowest BCUT2D eigenvalue weighted by Crippen LogP contribution is -2.16. The predicted octanol–water partition coefficient (Wildman–Crippen LogP) is 5.72. The van der Waals surface area contributed by atoms with Gasteiger partial charge in [0.2, 0.25) is 0 Å². The molecule has 0 saturated heterocycles. The van der Waals surface area contributed by atoms with Crippen LogP contribution in [0.15, 0.2) is 59.7 Å². The molecule has 1 heterocycles. The Morgan fingerprint density at radius 3 is 2.42 bits per heavy atom. The van der Waals surface area contributed by atoms with Crippen molar-refractivity contribution in [2.24, 2.45) is 16.6 Å². The highest BCUT2D eigenvalue weighted by molar-refractivity contribution is 6.25. The summed E-state index contributed by atoms with van der Waals surface area (Å²) < 4.78 is 56.1. The number of allylic oxidation sites excluding steroid dienone is 2. The number of halogens is 3. The third-order valence-corrected chi connectivity index (χ3v) is 6.61. The van der Waals surface area contributed by atoms with Crippen molar-refractivity contribution >= 4 is 17.0 Å². The summed E-state index contributed by atoms with van der Waals surface area (Å²) in [6, 6.07) is 7.20. The van der Waals surface area contributed by atoms with Gasteiger partial charge < -0.3 is 24.8 Å². The first-order valence-electron chi connectivity index (χ1n) is 13.0. The Morgan fingerprint density at radius 2 is 1.88 bits per heavy atom. The van der Waals surface area contributed by atoms with Crippen molar-refractivity contribution in [3.05, 3.63) is 71.6 Å². The zero-order valence-electron chi connectivity index (χ0n) is 23.1. The Balaban J connectivity index is 1.53. The third kappa shape index (κ3) is 7.13. The van der Waals surface area contributed by atoms with Gasteiger partial charge in [0.25, 0.3) is 5.88 Å². The molecule has 11 heteroatoms. The molecule has 1 aromatic heterocycles. The average molecular weight is 558 g/mol. The van der Waals surface area contributed by atoms with Gasteiger partial charge in [0, 0.05) is 37.5 Å². The van der Waals surface area contributed by atoms with Crippen LogP contribution in [0.1, 0.15) is 49.6 Å². The molecule has 0 atom stereocenters. The SMILES string of the molecule is C=C(c1ccc(COc2nc(C(C(=NC)C3CC3)=C(N)OC)ncc2OC2CC2)cc1)N(C)/C=C(\C)C(F)(F)F. The van der Waals surface area contributed by atoms with Crippen molar-refractivity contribution < 1.29 is 27.4 Å². The molecule has 0 amide bonds. The molecule has 1 aromatic carbocycles.